The van der Waals surface area contributed by atoms with E-state index in [1.807, 2.05) is 0 Å². The third kappa shape index (κ3) is 4.64. The Morgan fingerprint density at radius 3 is 2.72 bits per heavy atom. The molecule has 1 heterocycles. The highest BCUT2D eigenvalue weighted by Gasteiger charge is 2.26. The molecule has 1 rings (SSSR count). The van der Waals surface area contributed by atoms with Gasteiger partial charge in [-0.15, -0.1) is 0 Å². The van der Waals surface area contributed by atoms with Crippen LogP contribution in [0.15, 0.2) is 0 Å². The fraction of sp³-hybridized carbons (Fsp3) is 0.846. The van der Waals surface area contributed by atoms with Gasteiger partial charge in [0.05, 0.1) is 13.0 Å². The molecule has 18 heavy (non-hydrogen) atoms. The summed E-state index contributed by atoms with van der Waals surface area (Å²) in [4.78, 5) is 26.8. The molecule has 5 nitrogen and oxygen atoms in total. The zero-order chi connectivity index (χ0) is 13.5. The third-order valence-corrected chi connectivity index (χ3v) is 3.40. The Labute approximate surface area is 109 Å². The number of carbonyl (C=O) groups is 2. The lowest BCUT2D eigenvalue weighted by molar-refractivity contribution is -0.147. The van der Waals surface area contributed by atoms with Crippen molar-refractivity contribution >= 4 is 11.9 Å². The number of methoxy groups -OCH3 is 1. The predicted molar refractivity (Wildman–Crippen MR) is 69.1 cm³/mol. The molecule has 1 unspecified atom stereocenters. The minimum atomic E-state index is -0.107. The maximum Gasteiger partial charge on any atom is 0.309 e. The van der Waals surface area contributed by atoms with Crippen LogP contribution in [-0.4, -0.2) is 62.5 Å². The molecule has 104 valence electrons. The number of ether oxygens (including phenoxy) is 1. The van der Waals surface area contributed by atoms with Crippen LogP contribution in [0.1, 0.15) is 25.7 Å². The van der Waals surface area contributed by atoms with E-state index < -0.39 is 0 Å². The molecule has 1 fully saturated rings. The van der Waals surface area contributed by atoms with Crippen molar-refractivity contribution in [2.45, 2.75) is 25.7 Å². The van der Waals surface area contributed by atoms with E-state index in [9.17, 15) is 9.59 Å². The van der Waals surface area contributed by atoms with Gasteiger partial charge in [-0.1, -0.05) is 0 Å². The molecule has 0 bridgehead atoms. The van der Waals surface area contributed by atoms with E-state index in [0.717, 1.165) is 38.9 Å². The van der Waals surface area contributed by atoms with Crippen molar-refractivity contribution in [2.24, 2.45) is 5.92 Å². The molecule has 0 aromatic carbocycles. The van der Waals surface area contributed by atoms with E-state index in [4.69, 9.17) is 4.74 Å². The Morgan fingerprint density at radius 1 is 1.39 bits per heavy atom. The molecule has 1 aliphatic heterocycles. The van der Waals surface area contributed by atoms with E-state index >= 15 is 0 Å². The van der Waals surface area contributed by atoms with E-state index in [2.05, 4.69) is 4.90 Å². The van der Waals surface area contributed by atoms with Gasteiger partial charge in [-0.25, -0.2) is 0 Å². The number of carbonyl (C=O) groups excluding carboxylic acids is 2. The van der Waals surface area contributed by atoms with Crippen LogP contribution >= 0.6 is 0 Å². The summed E-state index contributed by atoms with van der Waals surface area (Å²) in [7, 11) is 4.99. The van der Waals surface area contributed by atoms with Crippen molar-refractivity contribution in [3.63, 3.8) is 0 Å². The second-order valence-electron chi connectivity index (χ2n) is 5.05. The van der Waals surface area contributed by atoms with Gasteiger partial charge < -0.3 is 14.5 Å². The van der Waals surface area contributed by atoms with Crippen molar-refractivity contribution < 1.29 is 14.3 Å². The van der Waals surface area contributed by atoms with Crippen LogP contribution in [0.3, 0.4) is 0 Å². The lowest BCUT2D eigenvalue weighted by Crippen LogP contribution is -2.39. The zero-order valence-corrected chi connectivity index (χ0v) is 11.6. The summed E-state index contributed by atoms with van der Waals surface area (Å²) in [5, 5.41) is 0. The molecule has 0 radical (unpaired) electrons. The van der Waals surface area contributed by atoms with Crippen molar-refractivity contribution in [3.05, 3.63) is 0 Å². The fourth-order valence-corrected chi connectivity index (χ4v) is 2.30. The normalized spacial score (nSPS) is 20.5. The quantitative estimate of drug-likeness (QED) is 0.681. The molecule has 1 atom stereocenters. The van der Waals surface area contributed by atoms with Crippen LogP contribution in [0.25, 0.3) is 0 Å². The molecule has 1 saturated heterocycles. The van der Waals surface area contributed by atoms with Gasteiger partial charge in [-0.3, -0.25) is 9.59 Å². The number of nitrogens with zero attached hydrogens (tertiary/aromatic N) is 2. The summed E-state index contributed by atoms with van der Waals surface area (Å²) in [6.45, 7) is 2.67. The summed E-state index contributed by atoms with van der Waals surface area (Å²) in [6, 6.07) is 0. The first-order chi connectivity index (χ1) is 8.54. The first-order valence-electron chi connectivity index (χ1n) is 6.55. The van der Waals surface area contributed by atoms with Crippen LogP contribution in [0.5, 0.6) is 0 Å². The van der Waals surface area contributed by atoms with Gasteiger partial charge in [0.2, 0.25) is 5.91 Å². The standard InChI is InChI=1S/C13H24N2O3/c1-14(2)12(16)7-5-9-15-8-4-6-11(10-15)13(17)18-3/h11H,4-10H2,1-3H3. The summed E-state index contributed by atoms with van der Waals surface area (Å²) in [6.07, 6.45) is 3.37. The Kier molecular flexibility index (Phi) is 6.12. The maximum absolute atomic E-state index is 11.5. The lowest BCUT2D eigenvalue weighted by atomic mass is 9.98. The third-order valence-electron chi connectivity index (χ3n) is 3.40. The van der Waals surface area contributed by atoms with Crippen LogP contribution in [0.4, 0.5) is 0 Å². The van der Waals surface area contributed by atoms with Gasteiger partial charge in [0.1, 0.15) is 0 Å². The van der Waals surface area contributed by atoms with E-state index in [1.165, 1.54) is 7.11 Å². The summed E-state index contributed by atoms with van der Waals surface area (Å²) in [5.74, 6) is 0.0638. The van der Waals surface area contributed by atoms with Crippen molar-refractivity contribution in [1.82, 2.24) is 9.80 Å². The molecule has 5 heteroatoms. The van der Waals surface area contributed by atoms with Gasteiger partial charge in [-0.05, 0) is 32.4 Å². The highest BCUT2D eigenvalue weighted by atomic mass is 16.5. The molecule has 0 saturated carbocycles. The molecule has 0 spiro atoms. The Hall–Kier alpha value is -1.10. The average molecular weight is 256 g/mol. The van der Waals surface area contributed by atoms with E-state index in [1.54, 1.807) is 19.0 Å². The SMILES string of the molecule is COC(=O)C1CCCN(CCCC(=O)N(C)C)C1. The summed E-state index contributed by atoms with van der Waals surface area (Å²) in [5.41, 5.74) is 0. The molecular formula is C13H24N2O3. The van der Waals surface area contributed by atoms with Gasteiger partial charge in [-0.2, -0.15) is 0 Å². The molecule has 0 aromatic heterocycles. The first kappa shape index (κ1) is 15.0. The second-order valence-corrected chi connectivity index (χ2v) is 5.05. The highest BCUT2D eigenvalue weighted by Crippen LogP contribution is 2.18. The number of rotatable bonds is 5. The number of amides is 1. The first-order valence-corrected chi connectivity index (χ1v) is 6.55. The maximum atomic E-state index is 11.5. The van der Waals surface area contributed by atoms with Crippen molar-refractivity contribution in [1.29, 1.82) is 0 Å². The van der Waals surface area contributed by atoms with E-state index in [-0.39, 0.29) is 17.8 Å². The summed E-state index contributed by atoms with van der Waals surface area (Å²) < 4.78 is 4.79. The molecule has 1 amide bonds. The topological polar surface area (TPSA) is 49.9 Å². The van der Waals surface area contributed by atoms with Crippen LogP contribution in [0, 0.1) is 5.92 Å². The predicted octanol–water partition coefficient (Wildman–Crippen LogP) is 0.740. The number of hydrogen-bond donors (Lipinski definition) is 0. The molecular weight excluding hydrogens is 232 g/mol. The second kappa shape index (κ2) is 7.36. The minimum Gasteiger partial charge on any atom is -0.469 e. The zero-order valence-electron chi connectivity index (χ0n) is 11.6. The Bertz CT molecular complexity index is 292. The number of hydrogen-bond acceptors (Lipinski definition) is 4. The molecule has 1 aliphatic rings. The van der Waals surface area contributed by atoms with Gasteiger partial charge in [0.25, 0.3) is 0 Å². The monoisotopic (exact) mass is 256 g/mol. The van der Waals surface area contributed by atoms with Gasteiger partial charge >= 0.3 is 5.97 Å². The molecule has 0 aliphatic carbocycles. The van der Waals surface area contributed by atoms with Crippen molar-refractivity contribution in [2.75, 3.05) is 40.8 Å². The lowest BCUT2D eigenvalue weighted by Gasteiger charge is -2.31. The fourth-order valence-electron chi connectivity index (χ4n) is 2.30. The van der Waals surface area contributed by atoms with Crippen molar-refractivity contribution in [3.8, 4) is 0 Å². The molecule has 0 aromatic rings. The average Bonchev–Trinajstić information content (AvgIpc) is 2.37. The Morgan fingerprint density at radius 2 is 2.11 bits per heavy atom. The van der Waals surface area contributed by atoms with Crippen LogP contribution in [0.2, 0.25) is 0 Å². The largest absolute Gasteiger partial charge is 0.469 e. The van der Waals surface area contributed by atoms with E-state index in [0.29, 0.717) is 6.42 Å². The smallest absolute Gasteiger partial charge is 0.309 e. The van der Waals surface area contributed by atoms with Crippen LogP contribution < -0.4 is 0 Å². The molecule has 0 N–H and O–H groups in total. The van der Waals surface area contributed by atoms with Gasteiger partial charge in [0.15, 0.2) is 0 Å². The highest BCUT2D eigenvalue weighted by molar-refractivity contribution is 5.75. The number of likely N-dealkylation sites (tertiary alicyclic amines) is 1. The number of esters is 1. The van der Waals surface area contributed by atoms with Gasteiger partial charge in [0, 0.05) is 27.1 Å². The Balaban J connectivity index is 2.26. The van der Waals surface area contributed by atoms with Crippen LogP contribution in [-0.2, 0) is 14.3 Å². The number of piperidine rings is 1. The summed E-state index contributed by atoms with van der Waals surface area (Å²) >= 11 is 0. The minimum absolute atomic E-state index is 0.00769.